The molecule has 0 aliphatic heterocycles. The Balaban J connectivity index is 2.95. The van der Waals surface area contributed by atoms with Crippen molar-refractivity contribution < 1.29 is 19.1 Å². The number of nitrogens with zero attached hydrogens (tertiary/aromatic N) is 1. The molecule has 1 amide bonds. The van der Waals surface area contributed by atoms with Crippen molar-refractivity contribution in [1.82, 2.24) is 5.32 Å². The normalized spacial score (nSPS) is 13.2. The van der Waals surface area contributed by atoms with Gasteiger partial charge in [0, 0.05) is 6.07 Å². The van der Waals surface area contributed by atoms with E-state index in [2.05, 4.69) is 10.5 Å². The second-order valence-corrected chi connectivity index (χ2v) is 4.57. The fraction of sp³-hybridized carbons (Fsp3) is 0.385. The maximum atomic E-state index is 13.8. The zero-order valence-electron chi connectivity index (χ0n) is 11.6. The van der Waals surface area contributed by atoms with Crippen LogP contribution in [0.3, 0.4) is 0 Å². The number of nitrogens with one attached hydrogen (secondary N) is 1. The highest BCUT2D eigenvalue weighted by molar-refractivity contribution is 5.98. The lowest BCUT2D eigenvalue weighted by Gasteiger charge is -2.21. The summed E-state index contributed by atoms with van der Waals surface area (Å²) in [6.07, 6.45) is 0. The average molecular weight is 283 g/mol. The van der Waals surface area contributed by atoms with E-state index in [1.165, 1.54) is 19.2 Å². The molecule has 20 heavy (non-hydrogen) atoms. The molecule has 1 aromatic rings. The Hall–Kier alpha value is -2.31. The minimum Gasteiger partial charge on any atom is -0.497 e. The highest BCUT2D eigenvalue weighted by Crippen LogP contribution is 2.16. The molecule has 1 aromatic carbocycles. The van der Waals surface area contributed by atoms with Crippen molar-refractivity contribution >= 4 is 11.7 Å². The maximum Gasteiger partial charge on any atom is 0.254 e. The number of halogens is 1. The number of hydrogen-bond acceptors (Lipinski definition) is 4. The summed E-state index contributed by atoms with van der Waals surface area (Å²) in [6.45, 7) is 3.57. The van der Waals surface area contributed by atoms with E-state index in [1.807, 2.05) is 0 Å². The van der Waals surface area contributed by atoms with Crippen LogP contribution < -0.4 is 15.8 Å². The molecule has 0 heterocycles. The van der Waals surface area contributed by atoms with Gasteiger partial charge in [-0.15, -0.1) is 0 Å². The first kappa shape index (κ1) is 15.7. The van der Waals surface area contributed by atoms with Gasteiger partial charge in [-0.1, -0.05) is 19.0 Å². The van der Waals surface area contributed by atoms with E-state index in [0.717, 1.165) is 6.07 Å². The van der Waals surface area contributed by atoms with E-state index in [4.69, 9.17) is 15.7 Å². The van der Waals surface area contributed by atoms with Crippen LogP contribution in [0.5, 0.6) is 5.75 Å². The first-order valence-corrected chi connectivity index (χ1v) is 6.02. The molecule has 6 nitrogen and oxygen atoms in total. The first-order valence-electron chi connectivity index (χ1n) is 6.02. The van der Waals surface area contributed by atoms with E-state index >= 15 is 0 Å². The molecule has 0 aliphatic rings. The van der Waals surface area contributed by atoms with Crippen LogP contribution in [0.15, 0.2) is 23.4 Å². The molecule has 0 radical (unpaired) electrons. The predicted molar refractivity (Wildman–Crippen MR) is 72.5 cm³/mol. The molecule has 0 saturated carbocycles. The lowest BCUT2D eigenvalue weighted by molar-refractivity contribution is 0.0934. The second-order valence-electron chi connectivity index (χ2n) is 4.57. The van der Waals surface area contributed by atoms with Crippen LogP contribution in [0.25, 0.3) is 0 Å². The summed E-state index contributed by atoms with van der Waals surface area (Å²) in [5.74, 6) is -1.28. The van der Waals surface area contributed by atoms with E-state index in [9.17, 15) is 9.18 Å². The lowest BCUT2D eigenvalue weighted by Crippen LogP contribution is -2.48. The summed E-state index contributed by atoms with van der Waals surface area (Å²) in [6, 6.07) is 3.22. The molecular formula is C13H18FN3O3. The van der Waals surface area contributed by atoms with Gasteiger partial charge < -0.3 is 21.0 Å². The number of hydrogen-bond donors (Lipinski definition) is 3. The number of benzene rings is 1. The van der Waals surface area contributed by atoms with Crippen molar-refractivity contribution in [2.45, 2.75) is 19.9 Å². The second kappa shape index (κ2) is 6.74. The standard InChI is InChI=1S/C13H18FN3O3/c1-7(2)11(12(15)17-19)16-13(18)9-5-4-8(20-3)6-10(9)14/h4-7,11,19H,1-3H3,(H2,15,17)(H,16,18). The van der Waals surface area contributed by atoms with Crippen molar-refractivity contribution in [3.63, 3.8) is 0 Å². The van der Waals surface area contributed by atoms with E-state index in [1.54, 1.807) is 13.8 Å². The third-order valence-corrected chi connectivity index (χ3v) is 2.81. The Morgan fingerprint density at radius 3 is 2.60 bits per heavy atom. The van der Waals surface area contributed by atoms with Gasteiger partial charge in [0.2, 0.25) is 0 Å². The van der Waals surface area contributed by atoms with Crippen molar-refractivity contribution in [3.05, 3.63) is 29.6 Å². The molecule has 1 unspecified atom stereocenters. The molecule has 1 atom stereocenters. The van der Waals surface area contributed by atoms with Gasteiger partial charge in [-0.25, -0.2) is 4.39 Å². The van der Waals surface area contributed by atoms with Gasteiger partial charge in [0.05, 0.1) is 18.7 Å². The summed E-state index contributed by atoms with van der Waals surface area (Å²) in [7, 11) is 1.40. The van der Waals surface area contributed by atoms with Crippen LogP contribution >= 0.6 is 0 Å². The van der Waals surface area contributed by atoms with Crippen LogP contribution in [-0.2, 0) is 0 Å². The molecular weight excluding hydrogens is 265 g/mol. The fourth-order valence-corrected chi connectivity index (χ4v) is 1.67. The number of amidine groups is 1. The number of ether oxygens (including phenoxy) is 1. The molecule has 0 saturated heterocycles. The molecule has 4 N–H and O–H groups in total. The van der Waals surface area contributed by atoms with Gasteiger partial charge in [-0.05, 0) is 18.1 Å². The van der Waals surface area contributed by atoms with Crippen LogP contribution in [-0.4, -0.2) is 30.1 Å². The van der Waals surface area contributed by atoms with E-state index in [0.29, 0.717) is 5.75 Å². The van der Waals surface area contributed by atoms with Crippen LogP contribution in [0.2, 0.25) is 0 Å². The zero-order chi connectivity index (χ0) is 15.3. The van der Waals surface area contributed by atoms with E-state index < -0.39 is 17.8 Å². The summed E-state index contributed by atoms with van der Waals surface area (Å²) in [5, 5.41) is 14.1. The van der Waals surface area contributed by atoms with Crippen molar-refractivity contribution in [2.24, 2.45) is 16.8 Å². The Morgan fingerprint density at radius 1 is 1.50 bits per heavy atom. The summed E-state index contributed by atoms with van der Waals surface area (Å²) >= 11 is 0. The number of nitrogens with two attached hydrogens (primary N) is 1. The minimum atomic E-state index is -0.705. The van der Waals surface area contributed by atoms with E-state index in [-0.39, 0.29) is 17.3 Å². The van der Waals surface area contributed by atoms with Gasteiger partial charge in [0.25, 0.3) is 5.91 Å². The average Bonchev–Trinajstić information content (AvgIpc) is 2.43. The molecule has 0 aromatic heterocycles. The quantitative estimate of drug-likeness (QED) is 0.329. The zero-order valence-corrected chi connectivity index (χ0v) is 11.6. The summed E-state index contributed by atoms with van der Waals surface area (Å²) < 4.78 is 18.6. The molecule has 0 spiro atoms. The van der Waals surface area contributed by atoms with Crippen LogP contribution in [0.4, 0.5) is 4.39 Å². The minimum absolute atomic E-state index is 0.115. The third kappa shape index (κ3) is 3.59. The molecule has 0 fully saturated rings. The monoisotopic (exact) mass is 283 g/mol. The third-order valence-electron chi connectivity index (χ3n) is 2.81. The van der Waals surface area contributed by atoms with Gasteiger partial charge >= 0.3 is 0 Å². The fourth-order valence-electron chi connectivity index (χ4n) is 1.67. The largest absolute Gasteiger partial charge is 0.497 e. The number of rotatable bonds is 5. The molecule has 110 valence electrons. The first-order chi connectivity index (χ1) is 9.40. The number of amides is 1. The Kier molecular flexibility index (Phi) is 5.31. The Labute approximate surface area is 116 Å². The van der Waals surface area contributed by atoms with Crippen molar-refractivity contribution in [2.75, 3.05) is 7.11 Å². The molecule has 0 bridgehead atoms. The van der Waals surface area contributed by atoms with Crippen molar-refractivity contribution in [3.8, 4) is 5.75 Å². The van der Waals surface area contributed by atoms with Gasteiger partial charge in [0.1, 0.15) is 11.6 Å². The Morgan fingerprint density at radius 2 is 2.15 bits per heavy atom. The van der Waals surface area contributed by atoms with Gasteiger partial charge in [-0.3, -0.25) is 4.79 Å². The summed E-state index contributed by atoms with van der Waals surface area (Å²) in [5.41, 5.74) is 5.36. The number of oxime groups is 1. The topological polar surface area (TPSA) is 96.9 Å². The van der Waals surface area contributed by atoms with Crippen LogP contribution in [0.1, 0.15) is 24.2 Å². The maximum absolute atomic E-state index is 13.8. The smallest absolute Gasteiger partial charge is 0.254 e. The Bertz CT molecular complexity index is 518. The molecule has 7 heteroatoms. The highest BCUT2D eigenvalue weighted by atomic mass is 19.1. The highest BCUT2D eigenvalue weighted by Gasteiger charge is 2.23. The number of carbonyl (C=O) groups is 1. The summed E-state index contributed by atoms with van der Waals surface area (Å²) in [4.78, 5) is 12.0. The van der Waals surface area contributed by atoms with Gasteiger partial charge in [-0.2, -0.15) is 0 Å². The number of carbonyl (C=O) groups excluding carboxylic acids is 1. The number of methoxy groups -OCH3 is 1. The molecule has 0 aliphatic carbocycles. The van der Waals surface area contributed by atoms with Crippen LogP contribution in [0, 0.1) is 11.7 Å². The molecule has 1 rings (SSSR count). The lowest BCUT2D eigenvalue weighted by atomic mass is 10.0. The predicted octanol–water partition coefficient (Wildman–Crippen LogP) is 1.34. The van der Waals surface area contributed by atoms with Gasteiger partial charge in [0.15, 0.2) is 5.84 Å². The SMILES string of the molecule is COc1ccc(C(=O)NC(/C(N)=N/O)C(C)C)c(F)c1. The van der Waals surface area contributed by atoms with Crippen molar-refractivity contribution in [1.29, 1.82) is 0 Å².